The van der Waals surface area contributed by atoms with Crippen molar-refractivity contribution in [1.82, 2.24) is 10.2 Å². The molecule has 1 aliphatic heterocycles. The number of rotatable bonds is 5. The van der Waals surface area contributed by atoms with E-state index in [0.29, 0.717) is 10.6 Å². The average Bonchev–Trinajstić information content (AvgIpc) is 2.90. The molecule has 0 spiro atoms. The van der Waals surface area contributed by atoms with Crippen LogP contribution in [0.5, 0.6) is 0 Å². The Labute approximate surface area is 168 Å². The predicted molar refractivity (Wildman–Crippen MR) is 98.7 cm³/mol. The number of imide groups is 1. The lowest BCUT2D eigenvalue weighted by atomic mass is 9.87. The first-order valence-electron chi connectivity index (χ1n) is 8.88. The maximum absolute atomic E-state index is 13.4. The third-order valence-corrected chi connectivity index (χ3v) is 4.74. The van der Waals surface area contributed by atoms with Crippen LogP contribution in [0.2, 0.25) is 0 Å². The standard InChI is InChI=1S/C20H17F4N3O3/c1-19(14-4-2-3-5-15(14)20(22,23)24)17(29)27(18(30)26-19)11-10-16(28)25-13-8-6-12(21)7-9-13/h2-9H,10-11H2,1H3,(H,25,28)(H,26,30)/t19-/m0/s1. The number of hydrogen-bond donors (Lipinski definition) is 2. The van der Waals surface area contributed by atoms with E-state index >= 15 is 0 Å². The second kappa shape index (κ2) is 7.77. The van der Waals surface area contributed by atoms with Crippen molar-refractivity contribution in [2.75, 3.05) is 11.9 Å². The van der Waals surface area contributed by atoms with Gasteiger partial charge in [-0.2, -0.15) is 13.2 Å². The number of nitrogens with one attached hydrogen (secondary N) is 2. The molecule has 30 heavy (non-hydrogen) atoms. The highest BCUT2D eigenvalue weighted by Crippen LogP contribution is 2.39. The topological polar surface area (TPSA) is 78.5 Å². The molecule has 1 aliphatic rings. The molecule has 158 valence electrons. The summed E-state index contributed by atoms with van der Waals surface area (Å²) in [4.78, 5) is 37.9. The largest absolute Gasteiger partial charge is 0.416 e. The van der Waals surface area contributed by atoms with Crippen LogP contribution >= 0.6 is 0 Å². The van der Waals surface area contributed by atoms with Gasteiger partial charge in [-0.25, -0.2) is 9.18 Å². The molecule has 0 aliphatic carbocycles. The van der Waals surface area contributed by atoms with Gasteiger partial charge in [-0.1, -0.05) is 18.2 Å². The number of amides is 4. The summed E-state index contributed by atoms with van der Waals surface area (Å²) in [5.74, 6) is -1.92. The molecular weight excluding hydrogens is 406 g/mol. The van der Waals surface area contributed by atoms with Crippen molar-refractivity contribution in [3.05, 3.63) is 65.5 Å². The first-order valence-corrected chi connectivity index (χ1v) is 8.88. The number of carbonyl (C=O) groups excluding carboxylic acids is 3. The van der Waals surface area contributed by atoms with E-state index < -0.39 is 40.9 Å². The fourth-order valence-corrected chi connectivity index (χ4v) is 3.22. The normalized spacial score (nSPS) is 19.0. The number of carbonyl (C=O) groups is 3. The van der Waals surface area contributed by atoms with Crippen LogP contribution in [0.4, 0.5) is 28.0 Å². The van der Waals surface area contributed by atoms with Crippen LogP contribution in [0, 0.1) is 5.82 Å². The maximum Gasteiger partial charge on any atom is 0.416 e. The van der Waals surface area contributed by atoms with Crippen molar-refractivity contribution in [3.8, 4) is 0 Å². The Morgan fingerprint density at radius 1 is 1.10 bits per heavy atom. The summed E-state index contributed by atoms with van der Waals surface area (Å²) in [7, 11) is 0. The lowest BCUT2D eigenvalue weighted by molar-refractivity contribution is -0.140. The zero-order valence-electron chi connectivity index (χ0n) is 15.7. The second-order valence-electron chi connectivity index (χ2n) is 6.86. The van der Waals surface area contributed by atoms with E-state index in [1.54, 1.807) is 0 Å². The van der Waals surface area contributed by atoms with Gasteiger partial charge >= 0.3 is 12.2 Å². The van der Waals surface area contributed by atoms with E-state index in [-0.39, 0.29) is 18.5 Å². The second-order valence-corrected chi connectivity index (χ2v) is 6.86. The Kier molecular flexibility index (Phi) is 5.51. The SMILES string of the molecule is C[C@@]1(c2ccccc2C(F)(F)F)NC(=O)N(CCC(=O)Nc2ccc(F)cc2)C1=O. The van der Waals surface area contributed by atoms with Crippen molar-refractivity contribution in [3.63, 3.8) is 0 Å². The molecule has 1 atom stereocenters. The third kappa shape index (κ3) is 4.12. The molecule has 0 saturated carbocycles. The summed E-state index contributed by atoms with van der Waals surface area (Å²) in [6.45, 7) is 0.859. The molecule has 2 aromatic rings. The minimum Gasteiger partial charge on any atom is -0.326 e. The summed E-state index contributed by atoms with van der Waals surface area (Å²) in [5.41, 5.74) is -3.01. The molecule has 3 rings (SSSR count). The molecule has 10 heteroatoms. The molecule has 2 N–H and O–H groups in total. The van der Waals surface area contributed by atoms with Gasteiger partial charge in [-0.05, 0) is 42.8 Å². The Balaban J connectivity index is 1.73. The van der Waals surface area contributed by atoms with Gasteiger partial charge in [-0.15, -0.1) is 0 Å². The Morgan fingerprint density at radius 3 is 2.37 bits per heavy atom. The van der Waals surface area contributed by atoms with Gasteiger partial charge in [0.15, 0.2) is 0 Å². The maximum atomic E-state index is 13.4. The lowest BCUT2D eigenvalue weighted by Gasteiger charge is -2.25. The van der Waals surface area contributed by atoms with Crippen molar-refractivity contribution in [2.24, 2.45) is 0 Å². The highest BCUT2D eigenvalue weighted by molar-refractivity contribution is 6.07. The van der Waals surface area contributed by atoms with Gasteiger partial charge in [0.1, 0.15) is 11.4 Å². The Morgan fingerprint density at radius 2 is 1.73 bits per heavy atom. The zero-order chi connectivity index (χ0) is 22.1. The molecule has 0 unspecified atom stereocenters. The summed E-state index contributed by atoms with van der Waals surface area (Å²) in [5, 5.41) is 4.78. The quantitative estimate of drug-likeness (QED) is 0.569. The number of alkyl halides is 3. The van der Waals surface area contributed by atoms with Gasteiger partial charge in [0, 0.05) is 18.7 Å². The molecule has 0 bridgehead atoms. The van der Waals surface area contributed by atoms with Gasteiger partial charge in [-0.3, -0.25) is 14.5 Å². The van der Waals surface area contributed by atoms with Gasteiger partial charge in [0.25, 0.3) is 5.91 Å². The van der Waals surface area contributed by atoms with Crippen LogP contribution in [0.3, 0.4) is 0 Å². The van der Waals surface area contributed by atoms with E-state index in [9.17, 15) is 31.9 Å². The van der Waals surface area contributed by atoms with E-state index in [4.69, 9.17) is 0 Å². The van der Waals surface area contributed by atoms with Crippen molar-refractivity contribution < 1.29 is 31.9 Å². The van der Waals surface area contributed by atoms with Crippen LogP contribution in [0.15, 0.2) is 48.5 Å². The van der Waals surface area contributed by atoms with Gasteiger partial charge in [0.2, 0.25) is 5.91 Å². The first-order chi connectivity index (χ1) is 14.0. The number of hydrogen-bond acceptors (Lipinski definition) is 3. The summed E-state index contributed by atoms with van der Waals surface area (Å²) < 4.78 is 53.0. The Hall–Kier alpha value is -3.43. The molecule has 1 saturated heterocycles. The van der Waals surface area contributed by atoms with Crippen molar-refractivity contribution >= 4 is 23.5 Å². The number of benzene rings is 2. The first kappa shape index (κ1) is 21.3. The van der Waals surface area contributed by atoms with Crippen LogP contribution in [0.1, 0.15) is 24.5 Å². The van der Waals surface area contributed by atoms with Crippen molar-refractivity contribution in [2.45, 2.75) is 25.1 Å². The van der Waals surface area contributed by atoms with Gasteiger partial charge in [0.05, 0.1) is 5.56 Å². The Bertz CT molecular complexity index is 992. The van der Waals surface area contributed by atoms with Crippen LogP contribution in [-0.2, 0) is 21.3 Å². The molecule has 0 aromatic heterocycles. The zero-order valence-corrected chi connectivity index (χ0v) is 15.7. The van der Waals surface area contributed by atoms with Crippen LogP contribution in [0.25, 0.3) is 0 Å². The van der Waals surface area contributed by atoms with Crippen molar-refractivity contribution in [1.29, 1.82) is 0 Å². The number of urea groups is 1. The molecule has 0 radical (unpaired) electrons. The average molecular weight is 423 g/mol. The smallest absolute Gasteiger partial charge is 0.326 e. The van der Waals surface area contributed by atoms with E-state index in [2.05, 4.69) is 10.6 Å². The molecule has 4 amide bonds. The minimum absolute atomic E-state index is 0.284. The lowest BCUT2D eigenvalue weighted by Crippen LogP contribution is -2.42. The summed E-state index contributed by atoms with van der Waals surface area (Å²) in [6, 6.07) is 8.58. The third-order valence-electron chi connectivity index (χ3n) is 4.74. The fraction of sp³-hybridized carbons (Fsp3) is 0.250. The number of anilines is 1. The van der Waals surface area contributed by atoms with Gasteiger partial charge < -0.3 is 10.6 Å². The highest BCUT2D eigenvalue weighted by atomic mass is 19.4. The highest BCUT2D eigenvalue weighted by Gasteiger charge is 2.52. The molecular formula is C20H17F4N3O3. The molecule has 2 aromatic carbocycles. The molecule has 1 fully saturated rings. The number of halogens is 4. The minimum atomic E-state index is -4.72. The van der Waals surface area contributed by atoms with E-state index in [1.165, 1.54) is 31.2 Å². The predicted octanol–water partition coefficient (Wildman–Crippen LogP) is 3.64. The van der Waals surface area contributed by atoms with Crippen LogP contribution < -0.4 is 10.6 Å². The van der Waals surface area contributed by atoms with Crippen LogP contribution in [-0.4, -0.2) is 29.3 Å². The van der Waals surface area contributed by atoms with E-state index in [0.717, 1.165) is 24.3 Å². The fourth-order valence-electron chi connectivity index (χ4n) is 3.22. The summed E-state index contributed by atoms with van der Waals surface area (Å²) >= 11 is 0. The molecule has 1 heterocycles. The number of nitrogens with zero attached hydrogens (tertiary/aromatic N) is 1. The molecule has 6 nitrogen and oxygen atoms in total. The summed E-state index contributed by atoms with van der Waals surface area (Å²) in [6.07, 6.45) is -5.00. The monoisotopic (exact) mass is 423 g/mol. The van der Waals surface area contributed by atoms with E-state index in [1.807, 2.05) is 0 Å².